The molecule has 26 heavy (non-hydrogen) atoms. The van der Waals surface area contributed by atoms with Gasteiger partial charge in [-0.3, -0.25) is 0 Å². The lowest BCUT2D eigenvalue weighted by atomic mass is 9.64. The minimum atomic E-state index is -2.97. The van der Waals surface area contributed by atoms with Gasteiger partial charge in [-0.1, -0.05) is 87.9 Å². The molecule has 0 aliphatic heterocycles. The van der Waals surface area contributed by atoms with Crippen LogP contribution in [0.1, 0.15) is 45.6 Å². The van der Waals surface area contributed by atoms with E-state index in [0.717, 1.165) is 18.0 Å². The summed E-state index contributed by atoms with van der Waals surface area (Å²) >= 11 is 13.6. The van der Waals surface area contributed by atoms with Gasteiger partial charge in [0.2, 0.25) is 0 Å². The van der Waals surface area contributed by atoms with Crippen molar-refractivity contribution in [2.45, 2.75) is 51.6 Å². The molecule has 1 nitrogen and oxygen atoms in total. The number of rotatable bonds is 5. The van der Waals surface area contributed by atoms with E-state index in [0.29, 0.717) is 11.8 Å². The molecule has 0 saturated heterocycles. The van der Waals surface area contributed by atoms with Crippen molar-refractivity contribution in [2.75, 3.05) is 0 Å². The molecule has 1 fully saturated rings. The van der Waals surface area contributed by atoms with Crippen LogP contribution in [-0.2, 0) is 9.84 Å². The molecule has 0 radical (unpaired) electrons. The molecule has 4 heteroatoms. The Labute approximate surface area is 168 Å². The molecule has 0 bridgehead atoms. The van der Waals surface area contributed by atoms with E-state index in [-0.39, 0.29) is 11.5 Å². The maximum Gasteiger partial charge on any atom is 0.423 e. The van der Waals surface area contributed by atoms with E-state index in [4.69, 9.17) is 26.6 Å². The van der Waals surface area contributed by atoms with Crippen molar-refractivity contribution in [3.8, 4) is 0 Å². The third-order valence-electron chi connectivity index (χ3n) is 5.91. The molecule has 1 aliphatic carbocycles. The lowest BCUT2D eigenvalue weighted by molar-refractivity contribution is 0.0333. The van der Waals surface area contributed by atoms with E-state index in [1.54, 1.807) is 0 Å². The number of hydrogen-bond acceptors (Lipinski definition) is 1. The quantitative estimate of drug-likeness (QED) is 0.429. The van der Waals surface area contributed by atoms with Gasteiger partial charge in [-0.05, 0) is 40.8 Å². The summed E-state index contributed by atoms with van der Waals surface area (Å²) in [5.74, 6) is 1.03. The van der Waals surface area contributed by atoms with Crippen LogP contribution in [0.25, 0.3) is 0 Å². The maximum atomic E-state index is 6.79. The van der Waals surface area contributed by atoms with Crippen LogP contribution in [0.2, 0.25) is 0 Å². The number of benzene rings is 2. The number of hydrogen-bond donors (Lipinski definition) is 0. The highest BCUT2D eigenvalue weighted by Gasteiger charge is 2.45. The zero-order chi connectivity index (χ0) is 18.8. The summed E-state index contributed by atoms with van der Waals surface area (Å²) in [6, 6.07) is 20.6. The van der Waals surface area contributed by atoms with Gasteiger partial charge in [0.25, 0.3) is 0 Å². The Hall–Kier alpha value is -0.803. The fourth-order valence-corrected chi connectivity index (χ4v) is 7.06. The summed E-state index contributed by atoms with van der Waals surface area (Å²) in [6.07, 6.45) is 3.46. The second-order valence-corrected chi connectivity index (χ2v) is 13.8. The van der Waals surface area contributed by atoms with Gasteiger partial charge < -0.3 is 4.43 Å². The Kier molecular flexibility index (Phi) is 6.18. The predicted molar refractivity (Wildman–Crippen MR) is 114 cm³/mol. The zero-order valence-corrected chi connectivity index (χ0v) is 18.3. The Bertz CT molecular complexity index is 703. The first-order valence-electron chi connectivity index (χ1n) is 9.47. The summed E-state index contributed by atoms with van der Waals surface area (Å²) in [4.78, 5) is 0. The van der Waals surface area contributed by atoms with Crippen LogP contribution in [0, 0.1) is 11.8 Å². The van der Waals surface area contributed by atoms with E-state index >= 15 is 0 Å². The molecule has 2 aromatic carbocycles. The van der Waals surface area contributed by atoms with Gasteiger partial charge in [0.05, 0.1) is 6.10 Å². The van der Waals surface area contributed by atoms with Crippen LogP contribution in [0.4, 0.5) is 0 Å². The third kappa shape index (κ3) is 4.36. The largest absolute Gasteiger partial charge is 0.423 e. The molecular weight excluding hydrogens is 379 g/mol. The molecule has 1 saturated carbocycles. The minimum Gasteiger partial charge on any atom is -0.386 e. The van der Waals surface area contributed by atoms with Crippen molar-refractivity contribution < 1.29 is 4.43 Å². The first kappa shape index (κ1) is 19.9. The summed E-state index contributed by atoms with van der Waals surface area (Å²) in [5, 5.41) is 0.929. The van der Waals surface area contributed by atoms with E-state index < -0.39 is 6.94 Å². The predicted octanol–water partition coefficient (Wildman–Crippen LogP) is 6.11. The highest BCUT2D eigenvalue weighted by Crippen LogP contribution is 2.44. The van der Waals surface area contributed by atoms with Crippen molar-refractivity contribution in [3.63, 3.8) is 0 Å². The molecule has 0 unspecified atom stereocenters. The highest BCUT2D eigenvalue weighted by molar-refractivity contribution is 7.48. The Morgan fingerprint density at radius 3 is 2.12 bits per heavy atom. The molecule has 3 atom stereocenters. The van der Waals surface area contributed by atoms with Crippen LogP contribution >= 0.6 is 22.2 Å². The third-order valence-corrected chi connectivity index (χ3v) is 9.36. The molecule has 2 aromatic rings. The average molecular weight is 407 g/mol. The SMILES string of the molecule is C[C@@H]1CC[C@@H](C(C)(C)c2ccccc2)[C@H](O[Si](Cl)(Cl)c2ccccc2)C1. The fourth-order valence-electron chi connectivity index (χ4n) is 4.26. The first-order valence-corrected chi connectivity index (χ1v) is 13.4. The van der Waals surface area contributed by atoms with E-state index in [1.807, 2.05) is 30.3 Å². The lowest BCUT2D eigenvalue weighted by Crippen LogP contribution is -2.50. The topological polar surface area (TPSA) is 9.23 Å². The Morgan fingerprint density at radius 1 is 0.923 bits per heavy atom. The molecular formula is C22H28Cl2OSi. The molecule has 0 spiro atoms. The summed E-state index contributed by atoms with van der Waals surface area (Å²) in [6.45, 7) is 3.98. The molecule has 3 rings (SSSR count). The summed E-state index contributed by atoms with van der Waals surface area (Å²) < 4.78 is 6.53. The average Bonchev–Trinajstić information content (AvgIpc) is 2.63. The van der Waals surface area contributed by atoms with Crippen molar-refractivity contribution in [2.24, 2.45) is 11.8 Å². The van der Waals surface area contributed by atoms with Gasteiger partial charge in [0.15, 0.2) is 0 Å². The fraction of sp³-hybridized carbons (Fsp3) is 0.455. The standard InChI is InChI=1S/C22H28Cl2OSi/c1-17-14-15-20(22(2,3)18-10-6-4-7-11-18)21(16-17)25-26(23,24)19-12-8-5-9-13-19/h4-13,17,20-21H,14-16H2,1-3H3/t17-,20-,21-/m1/s1. The van der Waals surface area contributed by atoms with Crippen LogP contribution in [-0.4, -0.2) is 13.0 Å². The molecule has 0 aromatic heterocycles. The van der Waals surface area contributed by atoms with E-state index in [1.165, 1.54) is 12.0 Å². The molecule has 1 aliphatic rings. The van der Waals surface area contributed by atoms with Crippen molar-refractivity contribution in [1.29, 1.82) is 0 Å². The number of halogens is 2. The van der Waals surface area contributed by atoms with E-state index in [2.05, 4.69) is 51.1 Å². The maximum absolute atomic E-state index is 6.79. The molecule has 140 valence electrons. The minimum absolute atomic E-state index is 0.0149. The summed E-state index contributed by atoms with van der Waals surface area (Å²) in [5.41, 5.74) is 1.37. The van der Waals surface area contributed by atoms with Crippen LogP contribution in [0.5, 0.6) is 0 Å². The lowest BCUT2D eigenvalue weighted by Gasteiger charge is -2.45. The summed E-state index contributed by atoms with van der Waals surface area (Å²) in [7, 11) is 0. The molecule has 0 amide bonds. The molecule has 0 N–H and O–H groups in total. The van der Waals surface area contributed by atoms with Gasteiger partial charge in [-0.15, -0.1) is 22.2 Å². The van der Waals surface area contributed by atoms with Crippen LogP contribution in [0.15, 0.2) is 60.7 Å². The van der Waals surface area contributed by atoms with Gasteiger partial charge in [-0.25, -0.2) is 0 Å². The van der Waals surface area contributed by atoms with Crippen LogP contribution in [0.3, 0.4) is 0 Å². The Balaban J connectivity index is 1.87. The van der Waals surface area contributed by atoms with Crippen molar-refractivity contribution in [1.82, 2.24) is 0 Å². The van der Waals surface area contributed by atoms with Gasteiger partial charge in [0, 0.05) is 0 Å². The smallest absolute Gasteiger partial charge is 0.386 e. The monoisotopic (exact) mass is 406 g/mol. The van der Waals surface area contributed by atoms with E-state index in [9.17, 15) is 0 Å². The van der Waals surface area contributed by atoms with Gasteiger partial charge in [-0.2, -0.15) is 0 Å². The van der Waals surface area contributed by atoms with Crippen molar-refractivity contribution >= 4 is 34.3 Å². The van der Waals surface area contributed by atoms with Gasteiger partial charge in [0.1, 0.15) is 0 Å². The highest BCUT2D eigenvalue weighted by atomic mass is 35.7. The van der Waals surface area contributed by atoms with Gasteiger partial charge >= 0.3 is 6.94 Å². The first-order chi connectivity index (χ1) is 12.3. The zero-order valence-electron chi connectivity index (χ0n) is 15.8. The van der Waals surface area contributed by atoms with Crippen LogP contribution < -0.4 is 5.19 Å². The second kappa shape index (κ2) is 8.06. The van der Waals surface area contributed by atoms with Crippen molar-refractivity contribution in [3.05, 3.63) is 66.2 Å². The normalized spacial score (nSPS) is 24.4. The molecule has 0 heterocycles. The second-order valence-electron chi connectivity index (χ2n) is 8.15. The Morgan fingerprint density at radius 2 is 1.50 bits per heavy atom.